The second-order valence-corrected chi connectivity index (χ2v) is 8.24. The maximum Gasteiger partial charge on any atom is 0.222 e. The molecule has 2 aliphatic rings. The second-order valence-electron chi connectivity index (χ2n) is 8.24. The molecule has 0 saturated carbocycles. The summed E-state index contributed by atoms with van der Waals surface area (Å²) in [5.41, 5.74) is 3.65. The van der Waals surface area contributed by atoms with Crippen molar-refractivity contribution in [3.63, 3.8) is 0 Å². The number of benzene rings is 2. The van der Waals surface area contributed by atoms with Crippen molar-refractivity contribution in [3.05, 3.63) is 65.7 Å². The van der Waals surface area contributed by atoms with E-state index >= 15 is 0 Å². The van der Waals surface area contributed by atoms with Crippen LogP contribution in [0.4, 0.5) is 0 Å². The highest BCUT2D eigenvalue weighted by Gasteiger charge is 2.46. The lowest BCUT2D eigenvalue weighted by Crippen LogP contribution is -2.56. The van der Waals surface area contributed by atoms with Crippen LogP contribution in [0, 0.1) is 0 Å². The maximum atomic E-state index is 12.2. The summed E-state index contributed by atoms with van der Waals surface area (Å²) in [6.07, 6.45) is 3.52. The van der Waals surface area contributed by atoms with Crippen LogP contribution in [0.5, 0.6) is 11.6 Å². The van der Waals surface area contributed by atoms with Crippen LogP contribution in [0.3, 0.4) is 0 Å². The number of aryl methyl sites for hydroxylation is 1. The number of hydrogen-bond donors (Lipinski definition) is 0. The van der Waals surface area contributed by atoms with Gasteiger partial charge >= 0.3 is 0 Å². The second kappa shape index (κ2) is 6.33. The summed E-state index contributed by atoms with van der Waals surface area (Å²) in [5.74, 6) is 1.71. The van der Waals surface area contributed by atoms with E-state index in [1.807, 2.05) is 54.4 Å². The maximum absolute atomic E-state index is 12.2. The van der Waals surface area contributed by atoms with Gasteiger partial charge in [0.05, 0.1) is 5.52 Å². The van der Waals surface area contributed by atoms with Crippen molar-refractivity contribution in [2.75, 3.05) is 7.05 Å². The Kier molecular flexibility index (Phi) is 3.90. The van der Waals surface area contributed by atoms with Crippen molar-refractivity contribution in [2.24, 2.45) is 0 Å². The van der Waals surface area contributed by atoms with Gasteiger partial charge in [-0.1, -0.05) is 31.2 Å². The molecule has 1 amide bonds. The number of carbonyl (C=O) groups is 1. The van der Waals surface area contributed by atoms with E-state index < -0.39 is 0 Å². The fraction of sp³-hybridized carbons (Fsp3) is 0.333. The van der Waals surface area contributed by atoms with E-state index in [1.54, 1.807) is 0 Å². The van der Waals surface area contributed by atoms with E-state index in [4.69, 9.17) is 4.74 Å². The van der Waals surface area contributed by atoms with Gasteiger partial charge in [0.15, 0.2) is 0 Å². The normalized spacial score (nSPS) is 24.0. The molecule has 1 aromatic heterocycles. The van der Waals surface area contributed by atoms with E-state index in [-0.39, 0.29) is 17.4 Å². The van der Waals surface area contributed by atoms with Gasteiger partial charge in [0.25, 0.3) is 0 Å². The third-order valence-electron chi connectivity index (χ3n) is 6.63. The van der Waals surface area contributed by atoms with Crippen molar-refractivity contribution in [2.45, 2.75) is 44.1 Å². The molecule has 4 nitrogen and oxygen atoms in total. The molecule has 3 aromatic rings. The zero-order chi connectivity index (χ0) is 19.3. The van der Waals surface area contributed by atoms with Gasteiger partial charge in [0.1, 0.15) is 5.75 Å². The molecule has 1 unspecified atom stereocenters. The number of ether oxygens (including phenoxy) is 1. The summed E-state index contributed by atoms with van der Waals surface area (Å²) in [4.78, 5) is 18.7. The van der Waals surface area contributed by atoms with E-state index in [0.717, 1.165) is 35.9 Å². The average molecular weight is 372 g/mol. The topological polar surface area (TPSA) is 42.4 Å². The summed E-state index contributed by atoms with van der Waals surface area (Å²) in [7, 11) is 1.96. The Bertz CT molecular complexity index is 1080. The largest absolute Gasteiger partial charge is 0.439 e. The highest BCUT2D eigenvalue weighted by atomic mass is 16.5. The van der Waals surface area contributed by atoms with Gasteiger partial charge < -0.3 is 9.64 Å². The Morgan fingerprint density at radius 1 is 1.11 bits per heavy atom. The number of rotatable bonds is 2. The molecule has 1 aliphatic carbocycles. The van der Waals surface area contributed by atoms with Crippen LogP contribution in [0.15, 0.2) is 54.6 Å². The SMILES string of the molecule is CN1C(=O)CC[C@]2(C)c3ccc(Oc4ccc5ccccc5n4)cc3CCC12. The van der Waals surface area contributed by atoms with E-state index in [9.17, 15) is 4.79 Å². The number of likely N-dealkylation sites (tertiary alicyclic amines) is 1. The molecule has 2 atom stereocenters. The molecule has 1 fully saturated rings. The lowest BCUT2D eigenvalue weighted by atomic mass is 9.63. The molecule has 2 aromatic carbocycles. The first-order valence-electron chi connectivity index (χ1n) is 9.97. The average Bonchev–Trinajstić information content (AvgIpc) is 2.71. The Morgan fingerprint density at radius 2 is 1.96 bits per heavy atom. The van der Waals surface area contributed by atoms with Crippen LogP contribution in [-0.2, 0) is 16.6 Å². The number of pyridine rings is 1. The summed E-state index contributed by atoms with van der Waals surface area (Å²) >= 11 is 0. The van der Waals surface area contributed by atoms with Gasteiger partial charge in [-0.15, -0.1) is 0 Å². The molecule has 28 heavy (non-hydrogen) atoms. The molecular weight excluding hydrogens is 348 g/mol. The van der Waals surface area contributed by atoms with Crippen LogP contribution in [0.2, 0.25) is 0 Å². The van der Waals surface area contributed by atoms with Crippen LogP contribution < -0.4 is 4.74 Å². The van der Waals surface area contributed by atoms with Crippen molar-refractivity contribution in [1.29, 1.82) is 0 Å². The number of hydrogen-bond acceptors (Lipinski definition) is 3. The molecule has 5 rings (SSSR count). The van der Waals surface area contributed by atoms with Crippen molar-refractivity contribution >= 4 is 16.8 Å². The molecule has 2 heterocycles. The molecular formula is C24H24N2O2. The molecule has 0 spiro atoms. The Hall–Kier alpha value is -2.88. The van der Waals surface area contributed by atoms with Gasteiger partial charge in [0, 0.05) is 36.4 Å². The summed E-state index contributed by atoms with van der Waals surface area (Å²) in [5, 5.41) is 1.11. The third kappa shape index (κ3) is 2.67. The minimum atomic E-state index is 0.0238. The number of fused-ring (bicyclic) bond motifs is 4. The molecule has 1 aliphatic heterocycles. The first-order chi connectivity index (χ1) is 13.5. The lowest BCUT2D eigenvalue weighted by Gasteiger charge is -2.50. The minimum absolute atomic E-state index is 0.0238. The van der Waals surface area contributed by atoms with Crippen LogP contribution >= 0.6 is 0 Å². The van der Waals surface area contributed by atoms with Gasteiger partial charge in [0.2, 0.25) is 11.8 Å². The van der Waals surface area contributed by atoms with Crippen LogP contribution in [0.1, 0.15) is 37.3 Å². The van der Waals surface area contributed by atoms with Gasteiger partial charge in [-0.05, 0) is 54.7 Å². The van der Waals surface area contributed by atoms with Crippen LogP contribution in [0.25, 0.3) is 10.9 Å². The Labute approximate surface area is 165 Å². The summed E-state index contributed by atoms with van der Waals surface area (Å²) < 4.78 is 6.08. The number of aromatic nitrogens is 1. The van der Waals surface area contributed by atoms with E-state index in [1.165, 1.54) is 11.1 Å². The highest BCUT2D eigenvalue weighted by Crippen LogP contribution is 2.46. The van der Waals surface area contributed by atoms with Crippen molar-refractivity contribution < 1.29 is 9.53 Å². The summed E-state index contributed by atoms with van der Waals surface area (Å²) in [6.45, 7) is 2.31. The fourth-order valence-corrected chi connectivity index (χ4v) is 5.05. The Balaban J connectivity index is 1.45. The number of carbonyl (C=O) groups excluding carboxylic acids is 1. The fourth-order valence-electron chi connectivity index (χ4n) is 5.05. The molecule has 0 bridgehead atoms. The smallest absolute Gasteiger partial charge is 0.222 e. The van der Waals surface area contributed by atoms with Gasteiger partial charge in [-0.3, -0.25) is 4.79 Å². The quantitative estimate of drug-likeness (QED) is 0.646. The summed E-state index contributed by atoms with van der Waals surface area (Å²) in [6, 6.07) is 18.7. The lowest BCUT2D eigenvalue weighted by molar-refractivity contribution is -0.138. The number of piperidine rings is 1. The zero-order valence-electron chi connectivity index (χ0n) is 16.3. The minimum Gasteiger partial charge on any atom is -0.439 e. The number of para-hydroxylation sites is 1. The predicted molar refractivity (Wildman–Crippen MR) is 110 cm³/mol. The zero-order valence-corrected chi connectivity index (χ0v) is 16.3. The van der Waals surface area contributed by atoms with Gasteiger partial charge in [-0.25, -0.2) is 4.98 Å². The monoisotopic (exact) mass is 372 g/mol. The van der Waals surface area contributed by atoms with E-state index in [2.05, 4.69) is 24.0 Å². The number of likely N-dealkylation sites (N-methyl/N-ethyl adjacent to an activating group) is 1. The Morgan fingerprint density at radius 3 is 2.86 bits per heavy atom. The molecule has 1 saturated heterocycles. The van der Waals surface area contributed by atoms with Crippen molar-refractivity contribution in [1.82, 2.24) is 9.88 Å². The first kappa shape index (κ1) is 17.2. The first-order valence-corrected chi connectivity index (χ1v) is 9.97. The van der Waals surface area contributed by atoms with Crippen LogP contribution in [-0.4, -0.2) is 28.9 Å². The van der Waals surface area contributed by atoms with Crippen molar-refractivity contribution in [3.8, 4) is 11.6 Å². The van der Waals surface area contributed by atoms with E-state index in [0.29, 0.717) is 12.3 Å². The highest BCUT2D eigenvalue weighted by molar-refractivity contribution is 5.79. The number of nitrogens with zero attached hydrogens (tertiary/aromatic N) is 2. The standard InChI is InChI=1S/C24H24N2O2/c1-24-14-13-23(27)26(2)21(24)11-7-17-15-18(9-10-19(17)24)28-22-12-8-16-5-3-4-6-20(16)25-22/h3-6,8-10,12,15,21H,7,11,13-14H2,1-2H3/t21?,24-/m1/s1. The predicted octanol–water partition coefficient (Wildman–Crippen LogP) is 4.85. The molecule has 142 valence electrons. The molecule has 0 radical (unpaired) electrons. The third-order valence-corrected chi connectivity index (χ3v) is 6.63. The number of amides is 1. The van der Waals surface area contributed by atoms with Gasteiger partial charge in [-0.2, -0.15) is 0 Å². The molecule has 4 heteroatoms. The molecule has 0 N–H and O–H groups in total.